The number of hydrogen-bond donors (Lipinski definition) is 1. The summed E-state index contributed by atoms with van der Waals surface area (Å²) >= 11 is 11.9. The van der Waals surface area contributed by atoms with Gasteiger partial charge in [-0.3, -0.25) is 4.79 Å². The predicted molar refractivity (Wildman–Crippen MR) is 95.7 cm³/mol. The first-order valence-electron chi connectivity index (χ1n) is 7.39. The monoisotopic (exact) mass is 351 g/mol. The number of hydrogen-bond acceptors (Lipinski definition) is 2. The average Bonchev–Trinajstić information content (AvgIpc) is 2.46. The van der Waals surface area contributed by atoms with E-state index in [-0.39, 0.29) is 5.91 Å². The first-order chi connectivity index (χ1) is 10.9. The first-order valence-corrected chi connectivity index (χ1v) is 8.15. The van der Waals surface area contributed by atoms with Crippen molar-refractivity contribution in [3.8, 4) is 5.75 Å². The van der Waals surface area contributed by atoms with Crippen LogP contribution in [0.1, 0.15) is 32.3 Å². The topological polar surface area (TPSA) is 38.3 Å². The largest absolute Gasteiger partial charge is 0.481 e. The van der Waals surface area contributed by atoms with Crippen molar-refractivity contribution in [1.29, 1.82) is 0 Å². The number of carbonyl (C=O) groups excluding carboxylic acids is 1. The van der Waals surface area contributed by atoms with Gasteiger partial charge < -0.3 is 10.1 Å². The van der Waals surface area contributed by atoms with Gasteiger partial charge in [-0.25, -0.2) is 0 Å². The lowest BCUT2D eigenvalue weighted by molar-refractivity contribution is -0.122. The van der Waals surface area contributed by atoms with Crippen molar-refractivity contribution in [1.82, 2.24) is 0 Å². The molecule has 0 aromatic heterocycles. The van der Waals surface area contributed by atoms with Crippen LogP contribution >= 0.6 is 23.2 Å². The van der Waals surface area contributed by atoms with Gasteiger partial charge in [0.25, 0.3) is 5.91 Å². The second-order valence-electron chi connectivity index (χ2n) is 5.60. The molecular formula is C18H19Cl2NO2. The van der Waals surface area contributed by atoms with Crippen molar-refractivity contribution in [3.63, 3.8) is 0 Å². The van der Waals surface area contributed by atoms with E-state index in [2.05, 4.69) is 19.2 Å². The third kappa shape index (κ3) is 4.88. The lowest BCUT2D eigenvalue weighted by Gasteiger charge is -2.18. The zero-order chi connectivity index (χ0) is 17.0. The lowest BCUT2D eigenvalue weighted by atomic mass is 10.0. The normalized spacial score (nSPS) is 12.1. The average molecular weight is 352 g/mol. The fourth-order valence-electron chi connectivity index (χ4n) is 2.18. The molecule has 23 heavy (non-hydrogen) atoms. The van der Waals surface area contributed by atoms with Gasteiger partial charge in [-0.05, 0) is 42.7 Å². The summed E-state index contributed by atoms with van der Waals surface area (Å²) in [6, 6.07) is 12.6. The van der Waals surface area contributed by atoms with Crippen molar-refractivity contribution in [2.75, 3.05) is 5.32 Å². The van der Waals surface area contributed by atoms with Crippen LogP contribution in [0.5, 0.6) is 5.75 Å². The SMILES string of the molecule is CC(Oc1ccccc1C(C)C)C(=O)Nc1cc(Cl)cc(Cl)c1. The van der Waals surface area contributed by atoms with Gasteiger partial charge >= 0.3 is 0 Å². The number of para-hydroxylation sites is 1. The summed E-state index contributed by atoms with van der Waals surface area (Å²) in [5.74, 6) is 0.768. The Labute approximate surface area is 146 Å². The Morgan fingerprint density at radius 3 is 2.26 bits per heavy atom. The van der Waals surface area contributed by atoms with E-state index in [0.29, 0.717) is 27.4 Å². The molecule has 0 heterocycles. The Morgan fingerprint density at radius 2 is 1.65 bits per heavy atom. The standard InChI is InChI=1S/C18H19Cl2NO2/c1-11(2)16-6-4-5-7-17(16)23-12(3)18(22)21-15-9-13(19)8-14(20)10-15/h4-12H,1-3H3,(H,21,22). The molecule has 122 valence electrons. The van der Waals surface area contributed by atoms with Gasteiger partial charge in [-0.1, -0.05) is 55.2 Å². The molecule has 1 amide bonds. The molecular weight excluding hydrogens is 333 g/mol. The van der Waals surface area contributed by atoms with Crippen molar-refractivity contribution in [2.45, 2.75) is 32.8 Å². The van der Waals surface area contributed by atoms with E-state index < -0.39 is 6.10 Å². The number of anilines is 1. The van der Waals surface area contributed by atoms with E-state index in [1.54, 1.807) is 25.1 Å². The molecule has 2 aromatic rings. The van der Waals surface area contributed by atoms with E-state index in [4.69, 9.17) is 27.9 Å². The smallest absolute Gasteiger partial charge is 0.265 e. The van der Waals surface area contributed by atoms with Gasteiger partial charge in [0.1, 0.15) is 5.75 Å². The van der Waals surface area contributed by atoms with Crippen LogP contribution < -0.4 is 10.1 Å². The number of nitrogens with one attached hydrogen (secondary N) is 1. The van der Waals surface area contributed by atoms with Crippen LogP contribution in [-0.4, -0.2) is 12.0 Å². The fourth-order valence-corrected chi connectivity index (χ4v) is 2.70. The first kappa shape index (κ1) is 17.6. The highest BCUT2D eigenvalue weighted by molar-refractivity contribution is 6.35. The number of amides is 1. The van der Waals surface area contributed by atoms with Crippen molar-refractivity contribution < 1.29 is 9.53 Å². The third-order valence-corrected chi connectivity index (χ3v) is 3.78. The summed E-state index contributed by atoms with van der Waals surface area (Å²) in [5.41, 5.74) is 1.61. The third-order valence-electron chi connectivity index (χ3n) is 3.34. The molecule has 0 aliphatic rings. The molecule has 0 bridgehead atoms. The molecule has 1 N–H and O–H groups in total. The highest BCUT2D eigenvalue weighted by Gasteiger charge is 2.17. The van der Waals surface area contributed by atoms with Crippen LogP contribution in [0.25, 0.3) is 0 Å². The van der Waals surface area contributed by atoms with E-state index in [9.17, 15) is 4.79 Å². The summed E-state index contributed by atoms with van der Waals surface area (Å²) in [4.78, 5) is 12.3. The summed E-state index contributed by atoms with van der Waals surface area (Å²) in [6.07, 6.45) is -0.646. The van der Waals surface area contributed by atoms with Gasteiger partial charge in [0, 0.05) is 15.7 Å². The molecule has 1 unspecified atom stereocenters. The highest BCUT2D eigenvalue weighted by atomic mass is 35.5. The van der Waals surface area contributed by atoms with Crippen LogP contribution in [0.15, 0.2) is 42.5 Å². The molecule has 0 aliphatic carbocycles. The Kier molecular flexibility index (Phi) is 5.91. The van der Waals surface area contributed by atoms with E-state index in [1.165, 1.54) is 0 Å². The van der Waals surface area contributed by atoms with E-state index in [1.807, 2.05) is 24.3 Å². The molecule has 2 aromatic carbocycles. The molecule has 0 spiro atoms. The summed E-state index contributed by atoms with van der Waals surface area (Å²) < 4.78 is 5.82. The van der Waals surface area contributed by atoms with Gasteiger partial charge in [0.15, 0.2) is 6.10 Å². The quantitative estimate of drug-likeness (QED) is 0.769. The molecule has 3 nitrogen and oxygen atoms in total. The Balaban J connectivity index is 2.08. The summed E-state index contributed by atoms with van der Waals surface area (Å²) in [6.45, 7) is 5.88. The maximum absolute atomic E-state index is 12.3. The van der Waals surface area contributed by atoms with Crippen molar-refractivity contribution in [2.24, 2.45) is 0 Å². The highest BCUT2D eigenvalue weighted by Crippen LogP contribution is 2.27. The Hall–Kier alpha value is -1.71. The minimum absolute atomic E-state index is 0.262. The lowest BCUT2D eigenvalue weighted by Crippen LogP contribution is -2.30. The second-order valence-corrected chi connectivity index (χ2v) is 6.47. The number of benzene rings is 2. The van der Waals surface area contributed by atoms with Crippen LogP contribution in [0.4, 0.5) is 5.69 Å². The number of rotatable bonds is 5. The minimum atomic E-state index is -0.646. The van der Waals surface area contributed by atoms with Crippen molar-refractivity contribution >= 4 is 34.8 Å². The molecule has 0 radical (unpaired) electrons. The van der Waals surface area contributed by atoms with E-state index in [0.717, 1.165) is 5.56 Å². The number of carbonyl (C=O) groups is 1. The van der Waals surface area contributed by atoms with Crippen LogP contribution in [0, 0.1) is 0 Å². The predicted octanol–water partition coefficient (Wildman–Crippen LogP) is 5.52. The molecule has 0 saturated carbocycles. The maximum atomic E-state index is 12.3. The minimum Gasteiger partial charge on any atom is -0.481 e. The number of ether oxygens (including phenoxy) is 1. The summed E-state index contributed by atoms with van der Waals surface area (Å²) in [5, 5.41) is 3.69. The van der Waals surface area contributed by atoms with Gasteiger partial charge in [0.05, 0.1) is 0 Å². The second kappa shape index (κ2) is 7.71. The Morgan fingerprint density at radius 1 is 1.04 bits per heavy atom. The number of halogens is 2. The zero-order valence-electron chi connectivity index (χ0n) is 13.3. The van der Waals surface area contributed by atoms with E-state index >= 15 is 0 Å². The molecule has 0 fully saturated rings. The van der Waals surface area contributed by atoms with Crippen LogP contribution in [0.2, 0.25) is 10.0 Å². The van der Waals surface area contributed by atoms with Gasteiger partial charge in [0.2, 0.25) is 0 Å². The maximum Gasteiger partial charge on any atom is 0.265 e. The molecule has 0 saturated heterocycles. The molecule has 1 atom stereocenters. The fraction of sp³-hybridized carbons (Fsp3) is 0.278. The zero-order valence-corrected chi connectivity index (χ0v) is 14.8. The Bertz CT molecular complexity index is 681. The molecule has 2 rings (SSSR count). The van der Waals surface area contributed by atoms with Gasteiger partial charge in [-0.15, -0.1) is 0 Å². The van der Waals surface area contributed by atoms with Gasteiger partial charge in [-0.2, -0.15) is 0 Å². The van der Waals surface area contributed by atoms with Crippen molar-refractivity contribution in [3.05, 3.63) is 58.1 Å². The molecule has 5 heteroatoms. The summed E-state index contributed by atoms with van der Waals surface area (Å²) in [7, 11) is 0. The van der Waals surface area contributed by atoms with Crippen LogP contribution in [-0.2, 0) is 4.79 Å². The van der Waals surface area contributed by atoms with Crippen LogP contribution in [0.3, 0.4) is 0 Å². The molecule has 0 aliphatic heterocycles.